The number of rotatable bonds is 3. The first-order valence-corrected chi connectivity index (χ1v) is 9.47. The number of para-hydroxylation sites is 1. The van der Waals surface area contributed by atoms with Gasteiger partial charge in [-0.3, -0.25) is 10.00 Å². The molecule has 3 aromatic rings. The van der Waals surface area contributed by atoms with Crippen LogP contribution in [-0.2, 0) is 12.0 Å². The summed E-state index contributed by atoms with van der Waals surface area (Å²) in [4.78, 5) is 2.57. The summed E-state index contributed by atoms with van der Waals surface area (Å²) in [6.07, 6.45) is 4.42. The molecule has 3 heterocycles. The van der Waals surface area contributed by atoms with E-state index in [1.165, 1.54) is 35.2 Å². The van der Waals surface area contributed by atoms with E-state index >= 15 is 0 Å². The van der Waals surface area contributed by atoms with Crippen molar-refractivity contribution in [1.29, 1.82) is 0 Å². The van der Waals surface area contributed by atoms with Gasteiger partial charge in [0.15, 0.2) is 0 Å². The summed E-state index contributed by atoms with van der Waals surface area (Å²) in [5.74, 6) is 0. The molecular formula is C22H24N4. The quantitative estimate of drug-likeness (QED) is 0.754. The molecule has 4 heteroatoms. The van der Waals surface area contributed by atoms with Crippen molar-refractivity contribution in [3.05, 3.63) is 71.9 Å². The van der Waals surface area contributed by atoms with Gasteiger partial charge in [-0.2, -0.15) is 5.10 Å². The fraction of sp³-hybridized carbons (Fsp3) is 0.318. The standard InChI is InChI=1S/C22H24N4/c1-2-6-17(7-3-1)21-18(14-24-25-21)15-26-12-10-22(11-13-26)16-23-20-9-5-4-8-19(20)22/h1-9,14,23H,10-13,15-16H2,(H,24,25). The molecule has 0 radical (unpaired) electrons. The topological polar surface area (TPSA) is 44.0 Å². The minimum absolute atomic E-state index is 0.325. The number of anilines is 1. The number of likely N-dealkylation sites (tertiary alicyclic amines) is 1. The number of hydrogen-bond donors (Lipinski definition) is 2. The summed E-state index contributed by atoms with van der Waals surface area (Å²) >= 11 is 0. The van der Waals surface area contributed by atoms with E-state index < -0.39 is 0 Å². The lowest BCUT2D eigenvalue weighted by molar-refractivity contribution is 0.162. The van der Waals surface area contributed by atoms with Crippen molar-refractivity contribution in [3.8, 4) is 11.3 Å². The van der Waals surface area contributed by atoms with Crippen LogP contribution in [0, 0.1) is 0 Å². The number of nitrogens with one attached hydrogen (secondary N) is 2. The number of hydrogen-bond acceptors (Lipinski definition) is 3. The van der Waals surface area contributed by atoms with Gasteiger partial charge in [-0.25, -0.2) is 0 Å². The van der Waals surface area contributed by atoms with Gasteiger partial charge < -0.3 is 5.32 Å². The van der Waals surface area contributed by atoms with Gasteiger partial charge in [0, 0.05) is 29.8 Å². The first-order chi connectivity index (χ1) is 12.8. The lowest BCUT2D eigenvalue weighted by Crippen LogP contribution is -2.43. The summed E-state index contributed by atoms with van der Waals surface area (Å²) in [5.41, 5.74) is 6.83. The van der Waals surface area contributed by atoms with Gasteiger partial charge in [0.2, 0.25) is 0 Å². The predicted molar refractivity (Wildman–Crippen MR) is 105 cm³/mol. The van der Waals surface area contributed by atoms with E-state index in [9.17, 15) is 0 Å². The molecule has 0 aliphatic carbocycles. The first kappa shape index (κ1) is 15.6. The number of piperidine rings is 1. The normalized spacial score (nSPS) is 18.6. The SMILES string of the molecule is c1ccc(-c2[nH]ncc2CN2CCC3(CC2)CNc2ccccc23)cc1. The van der Waals surface area contributed by atoms with Crippen molar-refractivity contribution in [1.82, 2.24) is 15.1 Å². The Morgan fingerprint density at radius 3 is 2.58 bits per heavy atom. The summed E-state index contributed by atoms with van der Waals surface area (Å²) in [5, 5.41) is 11.1. The molecule has 0 bridgehead atoms. The van der Waals surface area contributed by atoms with E-state index in [4.69, 9.17) is 0 Å². The molecule has 0 atom stereocenters. The van der Waals surface area contributed by atoms with Crippen LogP contribution in [-0.4, -0.2) is 34.7 Å². The third-order valence-corrected chi connectivity index (χ3v) is 6.10. The highest BCUT2D eigenvalue weighted by Crippen LogP contribution is 2.44. The highest BCUT2D eigenvalue weighted by molar-refractivity contribution is 5.62. The number of H-pyrrole nitrogens is 1. The van der Waals surface area contributed by atoms with E-state index in [1.807, 2.05) is 6.20 Å². The van der Waals surface area contributed by atoms with Gasteiger partial charge >= 0.3 is 0 Å². The minimum Gasteiger partial charge on any atom is -0.384 e. The second-order valence-corrected chi connectivity index (χ2v) is 7.59. The van der Waals surface area contributed by atoms with Gasteiger partial charge in [0.1, 0.15) is 0 Å². The zero-order chi connectivity index (χ0) is 17.4. The summed E-state index contributed by atoms with van der Waals surface area (Å²) < 4.78 is 0. The fourth-order valence-electron chi connectivity index (χ4n) is 4.57. The van der Waals surface area contributed by atoms with Gasteiger partial charge in [-0.1, -0.05) is 48.5 Å². The van der Waals surface area contributed by atoms with E-state index in [2.05, 4.69) is 75.0 Å². The van der Waals surface area contributed by atoms with Crippen LogP contribution in [0.3, 0.4) is 0 Å². The molecular weight excluding hydrogens is 320 g/mol. The number of aromatic nitrogens is 2. The Balaban J connectivity index is 1.30. The Bertz CT molecular complexity index is 891. The smallest absolute Gasteiger partial charge is 0.0695 e. The molecule has 1 saturated heterocycles. The average molecular weight is 344 g/mol. The Kier molecular flexibility index (Phi) is 3.79. The molecule has 2 N–H and O–H groups in total. The van der Waals surface area contributed by atoms with Crippen LogP contribution in [0.4, 0.5) is 5.69 Å². The van der Waals surface area contributed by atoms with E-state index in [-0.39, 0.29) is 0 Å². The maximum atomic E-state index is 4.30. The van der Waals surface area contributed by atoms with Crippen molar-refractivity contribution in [2.45, 2.75) is 24.8 Å². The molecule has 5 rings (SSSR count). The maximum absolute atomic E-state index is 4.30. The van der Waals surface area contributed by atoms with Gasteiger partial charge in [0.25, 0.3) is 0 Å². The van der Waals surface area contributed by atoms with Crippen molar-refractivity contribution in [2.24, 2.45) is 0 Å². The lowest BCUT2D eigenvalue weighted by atomic mass is 9.74. The van der Waals surface area contributed by atoms with Crippen LogP contribution in [0.1, 0.15) is 24.0 Å². The molecule has 1 fully saturated rings. The Hall–Kier alpha value is -2.59. The number of fused-ring (bicyclic) bond motifs is 2. The number of aromatic amines is 1. The van der Waals surface area contributed by atoms with Crippen molar-refractivity contribution in [2.75, 3.05) is 25.0 Å². The van der Waals surface area contributed by atoms with Crippen LogP contribution in [0.15, 0.2) is 60.8 Å². The molecule has 26 heavy (non-hydrogen) atoms. The number of benzene rings is 2. The molecule has 1 aromatic heterocycles. The second kappa shape index (κ2) is 6.29. The molecule has 1 spiro atoms. The van der Waals surface area contributed by atoms with Crippen LogP contribution >= 0.6 is 0 Å². The minimum atomic E-state index is 0.325. The zero-order valence-electron chi connectivity index (χ0n) is 14.9. The maximum Gasteiger partial charge on any atom is 0.0695 e. The summed E-state index contributed by atoms with van der Waals surface area (Å²) in [6, 6.07) is 19.3. The van der Waals surface area contributed by atoms with Crippen molar-refractivity contribution in [3.63, 3.8) is 0 Å². The Labute approximate surface area is 154 Å². The monoisotopic (exact) mass is 344 g/mol. The van der Waals surface area contributed by atoms with Crippen molar-refractivity contribution >= 4 is 5.69 Å². The van der Waals surface area contributed by atoms with Crippen LogP contribution in [0.25, 0.3) is 11.3 Å². The first-order valence-electron chi connectivity index (χ1n) is 9.47. The molecule has 0 amide bonds. The second-order valence-electron chi connectivity index (χ2n) is 7.59. The highest BCUT2D eigenvalue weighted by atomic mass is 15.2. The van der Waals surface area contributed by atoms with Crippen LogP contribution < -0.4 is 5.32 Å². The van der Waals surface area contributed by atoms with Gasteiger partial charge in [0.05, 0.1) is 11.9 Å². The average Bonchev–Trinajstić information content (AvgIpc) is 3.30. The zero-order valence-corrected chi connectivity index (χ0v) is 14.9. The summed E-state index contributed by atoms with van der Waals surface area (Å²) in [7, 11) is 0. The molecule has 0 unspecified atom stereocenters. The van der Waals surface area contributed by atoms with Gasteiger partial charge in [-0.05, 0) is 43.1 Å². The van der Waals surface area contributed by atoms with E-state index in [1.54, 1.807) is 0 Å². The molecule has 0 saturated carbocycles. The number of nitrogens with zero attached hydrogens (tertiary/aromatic N) is 2. The third-order valence-electron chi connectivity index (χ3n) is 6.10. The molecule has 2 aromatic carbocycles. The molecule has 2 aliphatic heterocycles. The van der Waals surface area contributed by atoms with E-state index in [0.717, 1.165) is 31.9 Å². The summed E-state index contributed by atoms with van der Waals surface area (Å²) in [6.45, 7) is 4.32. The Morgan fingerprint density at radius 1 is 0.962 bits per heavy atom. The van der Waals surface area contributed by atoms with Crippen molar-refractivity contribution < 1.29 is 0 Å². The Morgan fingerprint density at radius 2 is 1.73 bits per heavy atom. The van der Waals surface area contributed by atoms with Gasteiger partial charge in [-0.15, -0.1) is 0 Å². The largest absolute Gasteiger partial charge is 0.384 e. The highest BCUT2D eigenvalue weighted by Gasteiger charge is 2.41. The third kappa shape index (κ3) is 2.61. The molecule has 132 valence electrons. The molecule has 4 nitrogen and oxygen atoms in total. The predicted octanol–water partition coefficient (Wildman–Crippen LogP) is 4.04. The lowest BCUT2D eigenvalue weighted by Gasteiger charge is -2.39. The van der Waals surface area contributed by atoms with Crippen LogP contribution in [0.5, 0.6) is 0 Å². The van der Waals surface area contributed by atoms with E-state index in [0.29, 0.717) is 5.41 Å². The fourth-order valence-corrected chi connectivity index (χ4v) is 4.57. The molecule has 2 aliphatic rings. The van der Waals surface area contributed by atoms with Crippen LogP contribution in [0.2, 0.25) is 0 Å².